The number of hydrogen-bond acceptors (Lipinski definition) is 7. The van der Waals surface area contributed by atoms with Gasteiger partial charge >= 0.3 is 5.97 Å². The fourth-order valence-corrected chi connectivity index (χ4v) is 5.11. The Hall–Kier alpha value is -2.73. The van der Waals surface area contributed by atoms with E-state index >= 15 is 0 Å². The van der Waals surface area contributed by atoms with Crippen LogP contribution >= 0.6 is 23.2 Å². The Labute approximate surface area is 193 Å². The van der Waals surface area contributed by atoms with Crippen LogP contribution in [-0.4, -0.2) is 42.5 Å². The van der Waals surface area contributed by atoms with Gasteiger partial charge in [0.1, 0.15) is 0 Å². The molecular weight excluding hydrogens is 483 g/mol. The molecule has 1 aliphatic heterocycles. The largest absolute Gasteiger partial charge is 0.380 e. The number of amidine groups is 1. The van der Waals surface area contributed by atoms with E-state index in [2.05, 4.69) is 5.16 Å². The standard InChI is InChI=1S/C19H18Cl2N4O6S/c20-13-1-6-16(17(21)11-13)18(22)23-31-19(26)12-7-9-24(10-8-12)32(29,30)15-4-2-14(3-5-15)25(27)28/h1-6,11-12H,7-10H2,(H2,22,23). The molecule has 0 spiro atoms. The third-order valence-corrected chi connectivity index (χ3v) is 7.37. The highest BCUT2D eigenvalue weighted by molar-refractivity contribution is 7.89. The van der Waals surface area contributed by atoms with Gasteiger partial charge in [0.15, 0.2) is 5.84 Å². The number of nitro benzene ring substituents is 1. The predicted molar refractivity (Wildman–Crippen MR) is 118 cm³/mol. The van der Waals surface area contributed by atoms with Gasteiger partial charge in [0.2, 0.25) is 10.0 Å². The maximum Gasteiger partial charge on any atom is 0.338 e. The molecule has 0 aliphatic carbocycles. The Morgan fingerprint density at radius 2 is 1.78 bits per heavy atom. The van der Waals surface area contributed by atoms with Gasteiger partial charge in [0, 0.05) is 35.8 Å². The molecule has 2 aromatic carbocycles. The molecule has 0 radical (unpaired) electrons. The summed E-state index contributed by atoms with van der Waals surface area (Å²) in [7, 11) is -3.84. The predicted octanol–water partition coefficient (Wildman–Crippen LogP) is 3.17. The normalized spacial score (nSPS) is 16.0. The number of piperidine rings is 1. The Morgan fingerprint density at radius 3 is 2.34 bits per heavy atom. The molecule has 0 saturated carbocycles. The summed E-state index contributed by atoms with van der Waals surface area (Å²) < 4.78 is 26.7. The molecule has 13 heteroatoms. The zero-order chi connectivity index (χ0) is 23.5. The maximum atomic E-state index is 12.8. The van der Waals surface area contributed by atoms with Crippen molar-refractivity contribution in [3.8, 4) is 0 Å². The smallest absolute Gasteiger partial charge is 0.338 e. The number of halogens is 2. The van der Waals surface area contributed by atoms with E-state index in [0.29, 0.717) is 10.6 Å². The number of carbonyl (C=O) groups excluding carboxylic acids is 1. The van der Waals surface area contributed by atoms with Crippen LogP contribution in [0.4, 0.5) is 5.69 Å². The molecule has 2 aromatic rings. The van der Waals surface area contributed by atoms with Crippen molar-refractivity contribution in [2.45, 2.75) is 17.7 Å². The fourth-order valence-electron chi connectivity index (χ4n) is 3.14. The summed E-state index contributed by atoms with van der Waals surface area (Å²) in [5.41, 5.74) is 5.96. The molecule has 2 N–H and O–H groups in total. The van der Waals surface area contributed by atoms with Crippen molar-refractivity contribution in [1.82, 2.24) is 4.31 Å². The van der Waals surface area contributed by atoms with E-state index in [9.17, 15) is 23.3 Å². The first-order valence-electron chi connectivity index (χ1n) is 9.34. The molecule has 0 aromatic heterocycles. The lowest BCUT2D eigenvalue weighted by Gasteiger charge is -2.29. The topological polar surface area (TPSA) is 145 Å². The van der Waals surface area contributed by atoms with Crippen LogP contribution in [0.15, 0.2) is 52.5 Å². The van der Waals surface area contributed by atoms with E-state index < -0.39 is 26.8 Å². The summed E-state index contributed by atoms with van der Waals surface area (Å²) in [5.74, 6) is -1.29. The summed E-state index contributed by atoms with van der Waals surface area (Å²) in [6, 6.07) is 9.22. The second-order valence-corrected chi connectivity index (χ2v) is 9.72. The summed E-state index contributed by atoms with van der Waals surface area (Å²) in [5, 5.41) is 15.0. The lowest BCUT2D eigenvalue weighted by atomic mass is 9.99. The first-order chi connectivity index (χ1) is 15.1. The van der Waals surface area contributed by atoms with Crippen molar-refractivity contribution in [2.75, 3.05) is 13.1 Å². The van der Waals surface area contributed by atoms with E-state index in [4.69, 9.17) is 33.8 Å². The van der Waals surface area contributed by atoms with Gasteiger partial charge in [-0.15, -0.1) is 0 Å². The van der Waals surface area contributed by atoms with Crippen molar-refractivity contribution in [2.24, 2.45) is 16.8 Å². The molecule has 1 fully saturated rings. The first kappa shape index (κ1) is 23.9. The number of rotatable bonds is 6. The van der Waals surface area contributed by atoms with Crippen molar-refractivity contribution < 1.29 is 23.0 Å². The van der Waals surface area contributed by atoms with Crippen LogP contribution in [0.25, 0.3) is 0 Å². The van der Waals surface area contributed by atoms with Crippen LogP contribution in [0.2, 0.25) is 10.0 Å². The lowest BCUT2D eigenvalue weighted by Crippen LogP contribution is -2.40. The van der Waals surface area contributed by atoms with Gasteiger partial charge in [-0.1, -0.05) is 28.4 Å². The quantitative estimate of drug-likeness (QED) is 0.210. The van der Waals surface area contributed by atoms with E-state index in [1.54, 1.807) is 12.1 Å². The van der Waals surface area contributed by atoms with Gasteiger partial charge in [0.25, 0.3) is 5.69 Å². The minimum absolute atomic E-state index is 0.0543. The zero-order valence-electron chi connectivity index (χ0n) is 16.5. The number of hydrogen-bond donors (Lipinski definition) is 1. The third kappa shape index (κ3) is 5.36. The molecule has 1 heterocycles. The molecule has 0 amide bonds. The number of nitrogens with two attached hydrogens (primary N) is 1. The SMILES string of the molecule is N/C(=N\OC(=O)C1CCN(S(=O)(=O)c2ccc([N+](=O)[O-])cc2)CC1)c1ccc(Cl)cc1Cl. The number of benzene rings is 2. The van der Waals surface area contributed by atoms with Crippen LogP contribution in [0, 0.1) is 16.0 Å². The van der Waals surface area contributed by atoms with E-state index in [-0.39, 0.29) is 47.4 Å². The zero-order valence-corrected chi connectivity index (χ0v) is 18.8. The van der Waals surface area contributed by atoms with E-state index in [1.165, 1.54) is 22.5 Å². The third-order valence-electron chi connectivity index (χ3n) is 4.91. The van der Waals surface area contributed by atoms with Gasteiger partial charge in [0.05, 0.1) is 20.8 Å². The first-order valence-corrected chi connectivity index (χ1v) is 11.5. The van der Waals surface area contributed by atoms with Crippen molar-refractivity contribution in [3.05, 3.63) is 68.2 Å². The summed E-state index contributed by atoms with van der Waals surface area (Å²) >= 11 is 11.9. The average molecular weight is 501 g/mol. The Bertz CT molecular complexity index is 1160. The Kier molecular flexibility index (Phi) is 7.34. The summed E-state index contributed by atoms with van der Waals surface area (Å²) in [6.07, 6.45) is 0.449. The van der Waals surface area contributed by atoms with Crippen LogP contribution in [0.5, 0.6) is 0 Å². The van der Waals surface area contributed by atoms with Crippen LogP contribution in [0.3, 0.4) is 0 Å². The molecule has 10 nitrogen and oxygen atoms in total. The molecule has 0 atom stereocenters. The second kappa shape index (κ2) is 9.82. The van der Waals surface area contributed by atoms with E-state index in [1.807, 2.05) is 0 Å². The summed E-state index contributed by atoms with van der Waals surface area (Å²) in [6.45, 7) is 0.169. The van der Waals surface area contributed by atoms with Gasteiger partial charge in [-0.3, -0.25) is 10.1 Å². The van der Waals surface area contributed by atoms with E-state index in [0.717, 1.165) is 12.1 Å². The van der Waals surface area contributed by atoms with Crippen LogP contribution < -0.4 is 5.73 Å². The molecule has 0 unspecified atom stereocenters. The highest BCUT2D eigenvalue weighted by Crippen LogP contribution is 2.26. The number of sulfonamides is 1. The maximum absolute atomic E-state index is 12.8. The minimum Gasteiger partial charge on any atom is -0.380 e. The summed E-state index contributed by atoms with van der Waals surface area (Å²) in [4.78, 5) is 27.3. The molecule has 3 rings (SSSR count). The van der Waals surface area contributed by atoms with Gasteiger partial charge in [-0.05, 0) is 43.2 Å². The minimum atomic E-state index is -3.84. The van der Waals surface area contributed by atoms with Crippen molar-refractivity contribution >= 4 is 50.7 Å². The molecular formula is C19H18Cl2N4O6S. The molecule has 1 aliphatic rings. The second-order valence-electron chi connectivity index (χ2n) is 6.94. The van der Waals surface area contributed by atoms with Crippen LogP contribution in [0.1, 0.15) is 18.4 Å². The van der Waals surface area contributed by atoms with Gasteiger partial charge in [-0.25, -0.2) is 13.2 Å². The van der Waals surface area contributed by atoms with Gasteiger partial charge in [-0.2, -0.15) is 4.31 Å². The molecule has 0 bridgehead atoms. The Balaban J connectivity index is 1.59. The van der Waals surface area contributed by atoms with Crippen molar-refractivity contribution in [3.63, 3.8) is 0 Å². The highest BCUT2D eigenvalue weighted by Gasteiger charge is 2.33. The fraction of sp³-hybridized carbons (Fsp3) is 0.263. The molecule has 1 saturated heterocycles. The number of nitro groups is 1. The average Bonchev–Trinajstić information content (AvgIpc) is 2.77. The molecule has 170 valence electrons. The monoisotopic (exact) mass is 500 g/mol. The number of oxime groups is 1. The van der Waals surface area contributed by atoms with Gasteiger partial charge < -0.3 is 10.6 Å². The number of nitrogens with zero attached hydrogens (tertiary/aromatic N) is 3. The lowest BCUT2D eigenvalue weighted by molar-refractivity contribution is -0.384. The van der Waals surface area contributed by atoms with Crippen molar-refractivity contribution in [1.29, 1.82) is 0 Å². The molecule has 32 heavy (non-hydrogen) atoms. The number of non-ortho nitro benzene ring substituents is 1. The van der Waals surface area contributed by atoms with Crippen LogP contribution in [-0.2, 0) is 19.7 Å². The Morgan fingerprint density at radius 1 is 1.16 bits per heavy atom. The highest BCUT2D eigenvalue weighted by atomic mass is 35.5. The number of carbonyl (C=O) groups is 1.